The summed E-state index contributed by atoms with van der Waals surface area (Å²) in [5.41, 5.74) is 6.91. The van der Waals surface area contributed by atoms with Gasteiger partial charge in [0.05, 0.1) is 5.56 Å². The smallest absolute Gasteiger partial charge is 0.231 e. The summed E-state index contributed by atoms with van der Waals surface area (Å²) in [7, 11) is 0. The van der Waals surface area contributed by atoms with Crippen LogP contribution in [0.4, 0.5) is 0 Å². The van der Waals surface area contributed by atoms with Gasteiger partial charge in [-0.05, 0) is 29.8 Å². The van der Waals surface area contributed by atoms with Gasteiger partial charge in [0.15, 0.2) is 17.3 Å². The summed E-state index contributed by atoms with van der Waals surface area (Å²) in [4.78, 5) is 4.09. The highest BCUT2D eigenvalue weighted by atomic mass is 16.7. The molecule has 0 saturated heterocycles. The van der Waals surface area contributed by atoms with Crippen molar-refractivity contribution in [3.05, 3.63) is 47.7 Å². The molecule has 0 fully saturated rings. The van der Waals surface area contributed by atoms with Crippen molar-refractivity contribution in [2.24, 2.45) is 10.9 Å². The van der Waals surface area contributed by atoms with Crippen molar-refractivity contribution in [1.82, 2.24) is 4.98 Å². The molecule has 1 aliphatic heterocycles. The Morgan fingerprint density at radius 1 is 1.33 bits per heavy atom. The first-order valence-corrected chi connectivity index (χ1v) is 6.22. The van der Waals surface area contributed by atoms with E-state index in [0.29, 0.717) is 22.9 Å². The molecule has 2 aromatic rings. The van der Waals surface area contributed by atoms with E-state index in [1.54, 1.807) is 18.3 Å². The van der Waals surface area contributed by atoms with Crippen molar-refractivity contribution in [3.8, 4) is 17.4 Å². The number of pyridine rings is 1. The Hall–Kier alpha value is -2.96. The lowest BCUT2D eigenvalue weighted by Gasteiger charge is -2.09. The van der Waals surface area contributed by atoms with Crippen molar-refractivity contribution < 1.29 is 19.4 Å². The topological polar surface area (TPSA) is 99.2 Å². The van der Waals surface area contributed by atoms with Crippen LogP contribution < -0.4 is 19.9 Å². The molecule has 0 radical (unpaired) electrons. The monoisotopic (exact) mass is 287 g/mol. The predicted octanol–water partition coefficient (Wildman–Crippen LogP) is 1.48. The molecule has 3 N–H and O–H groups in total. The fraction of sp³-hybridized carbons (Fsp3) is 0.143. The number of ether oxygens (including phenoxy) is 3. The van der Waals surface area contributed by atoms with Crippen LogP contribution in [-0.4, -0.2) is 22.8 Å². The molecule has 0 saturated carbocycles. The van der Waals surface area contributed by atoms with Crippen LogP contribution in [0.1, 0.15) is 11.1 Å². The van der Waals surface area contributed by atoms with Gasteiger partial charge in [0.1, 0.15) is 6.61 Å². The molecule has 3 rings (SSSR count). The standard InChI is InChI=1S/C14H13N3O4/c15-13(17-18)10-2-1-5-16-14(10)19-7-9-3-4-11-12(6-9)21-8-20-11/h1-6,18H,7-8H2,(H2,15,17). The minimum atomic E-state index is -0.0520. The third kappa shape index (κ3) is 2.66. The molecule has 7 nitrogen and oxygen atoms in total. The molecule has 108 valence electrons. The minimum Gasteiger partial charge on any atom is -0.472 e. The summed E-state index contributed by atoms with van der Waals surface area (Å²) < 4.78 is 16.2. The Morgan fingerprint density at radius 2 is 2.19 bits per heavy atom. The second-order valence-electron chi connectivity index (χ2n) is 4.32. The fourth-order valence-corrected chi connectivity index (χ4v) is 1.94. The fourth-order valence-electron chi connectivity index (χ4n) is 1.94. The molecule has 21 heavy (non-hydrogen) atoms. The van der Waals surface area contributed by atoms with Gasteiger partial charge in [-0.1, -0.05) is 11.2 Å². The predicted molar refractivity (Wildman–Crippen MR) is 73.6 cm³/mol. The van der Waals surface area contributed by atoms with E-state index in [1.165, 1.54) is 0 Å². The number of hydrogen-bond acceptors (Lipinski definition) is 6. The lowest BCUT2D eigenvalue weighted by molar-refractivity contribution is 0.174. The Balaban J connectivity index is 1.76. The third-order valence-electron chi connectivity index (χ3n) is 2.97. The molecular formula is C14H13N3O4. The van der Waals surface area contributed by atoms with E-state index in [1.807, 2.05) is 18.2 Å². The number of amidine groups is 1. The molecule has 0 unspecified atom stereocenters. The molecule has 2 heterocycles. The second kappa shape index (κ2) is 5.58. The molecule has 0 spiro atoms. The van der Waals surface area contributed by atoms with E-state index in [2.05, 4.69) is 10.1 Å². The number of fused-ring (bicyclic) bond motifs is 1. The van der Waals surface area contributed by atoms with Crippen LogP contribution in [0.3, 0.4) is 0 Å². The number of oxime groups is 1. The van der Waals surface area contributed by atoms with E-state index in [0.717, 1.165) is 5.56 Å². The molecule has 1 aromatic heterocycles. The third-order valence-corrected chi connectivity index (χ3v) is 2.97. The Bertz CT molecular complexity index is 688. The maximum atomic E-state index is 8.75. The van der Waals surface area contributed by atoms with Crippen molar-refractivity contribution in [2.45, 2.75) is 6.61 Å². The normalized spacial score (nSPS) is 13.2. The van der Waals surface area contributed by atoms with E-state index in [-0.39, 0.29) is 19.2 Å². The quantitative estimate of drug-likeness (QED) is 0.382. The molecule has 0 bridgehead atoms. The molecule has 0 atom stereocenters. The van der Waals surface area contributed by atoms with Gasteiger partial charge in [-0.3, -0.25) is 0 Å². The zero-order valence-corrected chi connectivity index (χ0v) is 11.0. The van der Waals surface area contributed by atoms with Crippen LogP contribution >= 0.6 is 0 Å². The number of nitrogens with two attached hydrogens (primary N) is 1. The highest BCUT2D eigenvalue weighted by Gasteiger charge is 2.14. The van der Waals surface area contributed by atoms with E-state index < -0.39 is 0 Å². The maximum absolute atomic E-state index is 8.75. The lowest BCUT2D eigenvalue weighted by Crippen LogP contribution is -2.15. The van der Waals surface area contributed by atoms with Crippen LogP contribution in [0.2, 0.25) is 0 Å². The van der Waals surface area contributed by atoms with E-state index in [9.17, 15) is 0 Å². The van der Waals surface area contributed by atoms with Crippen LogP contribution in [0.15, 0.2) is 41.7 Å². The lowest BCUT2D eigenvalue weighted by atomic mass is 10.2. The zero-order valence-electron chi connectivity index (χ0n) is 11.0. The van der Waals surface area contributed by atoms with Crippen molar-refractivity contribution in [3.63, 3.8) is 0 Å². The van der Waals surface area contributed by atoms with Gasteiger partial charge in [-0.2, -0.15) is 0 Å². The van der Waals surface area contributed by atoms with Gasteiger partial charge in [0.2, 0.25) is 12.7 Å². The Morgan fingerprint density at radius 3 is 3.05 bits per heavy atom. The van der Waals surface area contributed by atoms with E-state index >= 15 is 0 Å². The van der Waals surface area contributed by atoms with Crippen LogP contribution in [0.25, 0.3) is 0 Å². The SMILES string of the molecule is N/C(=N\O)c1cccnc1OCc1ccc2c(c1)OCO2. The first-order chi connectivity index (χ1) is 10.3. The van der Waals surface area contributed by atoms with Gasteiger partial charge < -0.3 is 25.2 Å². The van der Waals surface area contributed by atoms with Crippen LogP contribution in [0, 0.1) is 0 Å². The molecule has 0 aliphatic carbocycles. The van der Waals surface area contributed by atoms with Crippen LogP contribution in [-0.2, 0) is 6.61 Å². The van der Waals surface area contributed by atoms with Gasteiger partial charge in [0.25, 0.3) is 0 Å². The summed E-state index contributed by atoms with van der Waals surface area (Å²) >= 11 is 0. The van der Waals surface area contributed by atoms with Crippen molar-refractivity contribution in [2.75, 3.05) is 6.79 Å². The number of benzene rings is 1. The van der Waals surface area contributed by atoms with Crippen LogP contribution in [0.5, 0.6) is 17.4 Å². The first-order valence-electron chi connectivity index (χ1n) is 6.22. The van der Waals surface area contributed by atoms with Crippen molar-refractivity contribution in [1.29, 1.82) is 0 Å². The molecule has 1 aliphatic rings. The van der Waals surface area contributed by atoms with Gasteiger partial charge in [-0.15, -0.1) is 0 Å². The Kier molecular flexibility index (Phi) is 3.46. The summed E-state index contributed by atoms with van der Waals surface area (Å²) in [5, 5.41) is 11.7. The number of nitrogens with zero attached hydrogens (tertiary/aromatic N) is 2. The molecule has 0 amide bonds. The molecule has 1 aromatic carbocycles. The first kappa shape index (κ1) is 13.0. The highest BCUT2D eigenvalue weighted by Crippen LogP contribution is 2.32. The van der Waals surface area contributed by atoms with Crippen molar-refractivity contribution >= 4 is 5.84 Å². The zero-order chi connectivity index (χ0) is 14.7. The average molecular weight is 287 g/mol. The van der Waals surface area contributed by atoms with Gasteiger partial charge in [-0.25, -0.2) is 4.98 Å². The molecular weight excluding hydrogens is 274 g/mol. The largest absolute Gasteiger partial charge is 0.472 e. The summed E-state index contributed by atoms with van der Waals surface area (Å²) in [6.07, 6.45) is 1.57. The van der Waals surface area contributed by atoms with Gasteiger partial charge in [0, 0.05) is 6.20 Å². The number of rotatable bonds is 4. The highest BCUT2D eigenvalue weighted by molar-refractivity contribution is 5.98. The average Bonchev–Trinajstić information content (AvgIpc) is 3.00. The minimum absolute atomic E-state index is 0.0520. The number of aromatic nitrogens is 1. The summed E-state index contributed by atoms with van der Waals surface area (Å²) in [5.74, 6) is 1.65. The summed E-state index contributed by atoms with van der Waals surface area (Å²) in [6, 6.07) is 8.88. The summed E-state index contributed by atoms with van der Waals surface area (Å²) in [6.45, 7) is 0.507. The van der Waals surface area contributed by atoms with Gasteiger partial charge >= 0.3 is 0 Å². The molecule has 7 heteroatoms. The second-order valence-corrected chi connectivity index (χ2v) is 4.32. The Labute approximate surface area is 120 Å². The maximum Gasteiger partial charge on any atom is 0.231 e. The number of hydrogen-bond donors (Lipinski definition) is 2. The van der Waals surface area contributed by atoms with E-state index in [4.69, 9.17) is 25.2 Å².